The van der Waals surface area contributed by atoms with E-state index in [2.05, 4.69) is 15.6 Å². The molecule has 1 aromatic rings. The van der Waals surface area contributed by atoms with E-state index in [1.807, 2.05) is 30.3 Å². The summed E-state index contributed by atoms with van der Waals surface area (Å²) < 4.78 is 10.3. The van der Waals surface area contributed by atoms with Crippen molar-refractivity contribution in [3.63, 3.8) is 0 Å². The molecule has 1 rings (SSSR count). The van der Waals surface area contributed by atoms with Gasteiger partial charge in [-0.15, -0.1) is 0 Å². The van der Waals surface area contributed by atoms with Gasteiger partial charge in [-0.2, -0.15) is 0 Å². The first-order valence-electron chi connectivity index (χ1n) is 9.59. The number of nitrogens with two attached hydrogens (primary N) is 2. The third kappa shape index (κ3) is 11.5. The van der Waals surface area contributed by atoms with Gasteiger partial charge < -0.3 is 31.6 Å². The Morgan fingerprint density at radius 2 is 1.80 bits per heavy atom. The van der Waals surface area contributed by atoms with Gasteiger partial charge in [-0.05, 0) is 39.2 Å². The van der Waals surface area contributed by atoms with Crippen LogP contribution in [0.15, 0.2) is 35.3 Å². The molecule has 10 nitrogen and oxygen atoms in total. The lowest BCUT2D eigenvalue weighted by Gasteiger charge is -2.23. The van der Waals surface area contributed by atoms with Crippen molar-refractivity contribution in [2.24, 2.45) is 16.5 Å². The minimum Gasteiger partial charge on any atom is -0.460 e. The number of nitrogens with zero attached hydrogens (tertiary/aromatic N) is 1. The maximum Gasteiger partial charge on any atom is 0.408 e. The Morgan fingerprint density at radius 1 is 1.13 bits per heavy atom. The van der Waals surface area contributed by atoms with Crippen LogP contribution in [0.25, 0.3) is 0 Å². The van der Waals surface area contributed by atoms with Crippen LogP contribution in [0, 0.1) is 0 Å². The second kappa shape index (κ2) is 12.3. The van der Waals surface area contributed by atoms with E-state index in [1.165, 1.54) is 0 Å². The smallest absolute Gasteiger partial charge is 0.408 e. The number of aliphatic imine (C=N–C) groups is 1. The lowest BCUT2D eigenvalue weighted by Crippen LogP contribution is -2.49. The number of guanidine groups is 1. The number of hydrogen-bond acceptors (Lipinski definition) is 6. The third-order valence-corrected chi connectivity index (χ3v) is 3.60. The number of carbonyl (C=O) groups is 3. The predicted octanol–water partition coefficient (Wildman–Crippen LogP) is 0.793. The monoisotopic (exact) mass is 421 g/mol. The van der Waals surface area contributed by atoms with Crippen LogP contribution in [0.5, 0.6) is 0 Å². The van der Waals surface area contributed by atoms with E-state index >= 15 is 0 Å². The molecule has 166 valence electrons. The zero-order chi connectivity index (χ0) is 22.6. The van der Waals surface area contributed by atoms with Gasteiger partial charge in [0.2, 0.25) is 5.91 Å². The Hall–Kier alpha value is -3.30. The van der Waals surface area contributed by atoms with Gasteiger partial charge in [0, 0.05) is 6.54 Å². The molecule has 0 radical (unpaired) electrons. The first-order valence-corrected chi connectivity index (χ1v) is 9.59. The molecule has 0 bridgehead atoms. The molecule has 1 aromatic carbocycles. The van der Waals surface area contributed by atoms with Crippen LogP contribution in [0.2, 0.25) is 0 Å². The molecular weight excluding hydrogens is 390 g/mol. The zero-order valence-electron chi connectivity index (χ0n) is 17.6. The maximum atomic E-state index is 12.5. The summed E-state index contributed by atoms with van der Waals surface area (Å²) in [5.74, 6) is -1.19. The number of alkyl carbamates (subject to hydrolysis) is 1. The summed E-state index contributed by atoms with van der Waals surface area (Å²) in [6.45, 7) is 5.20. The summed E-state index contributed by atoms with van der Waals surface area (Å²) in [5, 5.41) is 4.97. The topological polar surface area (TPSA) is 158 Å². The molecule has 0 fully saturated rings. The van der Waals surface area contributed by atoms with Gasteiger partial charge in [0.25, 0.3) is 0 Å². The fourth-order valence-corrected chi connectivity index (χ4v) is 2.29. The van der Waals surface area contributed by atoms with Gasteiger partial charge >= 0.3 is 12.1 Å². The Labute approximate surface area is 176 Å². The van der Waals surface area contributed by atoms with E-state index in [1.54, 1.807) is 20.8 Å². The van der Waals surface area contributed by atoms with Crippen molar-refractivity contribution in [3.8, 4) is 0 Å². The number of amides is 2. The molecule has 0 unspecified atom stereocenters. The first-order chi connectivity index (χ1) is 14.1. The number of benzene rings is 1. The number of esters is 1. The summed E-state index contributed by atoms with van der Waals surface area (Å²) in [6, 6.07) is 8.25. The highest BCUT2D eigenvalue weighted by Gasteiger charge is 2.24. The Kier molecular flexibility index (Phi) is 10.1. The Balaban J connectivity index is 2.55. The SMILES string of the molecule is CC(C)(C)OC(=O)N[C@H](CCCN=C(N)N)C(=O)NCC(=O)OCc1ccccc1. The van der Waals surface area contributed by atoms with Gasteiger partial charge in [-0.3, -0.25) is 14.6 Å². The van der Waals surface area contributed by atoms with Gasteiger partial charge in [0.05, 0.1) is 0 Å². The minimum atomic E-state index is -0.920. The van der Waals surface area contributed by atoms with E-state index in [0.717, 1.165) is 5.56 Å². The van der Waals surface area contributed by atoms with Crippen molar-refractivity contribution < 1.29 is 23.9 Å². The van der Waals surface area contributed by atoms with Gasteiger partial charge in [-0.1, -0.05) is 30.3 Å². The second-order valence-electron chi connectivity index (χ2n) is 7.51. The highest BCUT2D eigenvalue weighted by molar-refractivity contribution is 5.88. The molecule has 6 N–H and O–H groups in total. The Bertz CT molecular complexity index is 727. The van der Waals surface area contributed by atoms with E-state index in [4.69, 9.17) is 20.9 Å². The van der Waals surface area contributed by atoms with Gasteiger partial charge in [-0.25, -0.2) is 4.79 Å². The molecule has 30 heavy (non-hydrogen) atoms. The quantitative estimate of drug-likeness (QED) is 0.188. The lowest BCUT2D eigenvalue weighted by atomic mass is 10.1. The molecule has 1 atom stereocenters. The molecule has 2 amide bonds. The lowest BCUT2D eigenvalue weighted by molar-refractivity contribution is -0.145. The van der Waals surface area contributed by atoms with Crippen molar-refractivity contribution in [2.45, 2.75) is 51.9 Å². The molecular formula is C20H31N5O5. The standard InChI is InChI=1S/C20H31N5O5/c1-20(2,3)30-19(28)25-15(10-7-11-23-18(21)22)17(27)24-12-16(26)29-13-14-8-5-4-6-9-14/h4-6,8-9,15H,7,10-13H2,1-3H3,(H,24,27)(H,25,28)(H4,21,22,23)/t15-/m1/s1. The normalized spacial score (nSPS) is 11.7. The third-order valence-electron chi connectivity index (χ3n) is 3.60. The summed E-state index contributed by atoms with van der Waals surface area (Å²) in [7, 11) is 0. The van der Waals surface area contributed by atoms with Gasteiger partial charge in [0.1, 0.15) is 24.8 Å². The number of hydrogen-bond donors (Lipinski definition) is 4. The second-order valence-corrected chi connectivity index (χ2v) is 7.51. The number of carbonyl (C=O) groups excluding carboxylic acids is 3. The molecule has 0 aliphatic rings. The van der Waals surface area contributed by atoms with Crippen LogP contribution in [0.4, 0.5) is 4.79 Å². The Morgan fingerprint density at radius 3 is 2.40 bits per heavy atom. The molecule has 10 heteroatoms. The highest BCUT2D eigenvalue weighted by Crippen LogP contribution is 2.08. The van der Waals surface area contributed by atoms with Crippen LogP contribution in [-0.2, 0) is 25.7 Å². The summed E-state index contributed by atoms with van der Waals surface area (Å²) in [6.07, 6.45) is -0.0540. The number of nitrogens with one attached hydrogen (secondary N) is 2. The maximum absolute atomic E-state index is 12.5. The molecule has 0 heterocycles. The first kappa shape index (κ1) is 24.7. The van der Waals surface area contributed by atoms with Crippen molar-refractivity contribution in [3.05, 3.63) is 35.9 Å². The zero-order valence-corrected chi connectivity index (χ0v) is 17.6. The van der Waals surface area contributed by atoms with Crippen molar-refractivity contribution in [1.29, 1.82) is 0 Å². The van der Waals surface area contributed by atoms with Crippen LogP contribution in [0.3, 0.4) is 0 Å². The fraction of sp³-hybridized carbons (Fsp3) is 0.500. The molecule has 0 aliphatic heterocycles. The fourth-order valence-electron chi connectivity index (χ4n) is 2.29. The van der Waals surface area contributed by atoms with Crippen LogP contribution in [-0.4, -0.2) is 48.7 Å². The molecule has 0 aromatic heterocycles. The van der Waals surface area contributed by atoms with E-state index in [-0.39, 0.29) is 25.5 Å². The number of ether oxygens (including phenoxy) is 2. The van der Waals surface area contributed by atoms with Crippen LogP contribution in [0.1, 0.15) is 39.2 Å². The summed E-state index contributed by atoms with van der Waals surface area (Å²) >= 11 is 0. The van der Waals surface area contributed by atoms with Crippen molar-refractivity contribution >= 4 is 23.9 Å². The van der Waals surface area contributed by atoms with Crippen LogP contribution >= 0.6 is 0 Å². The van der Waals surface area contributed by atoms with Gasteiger partial charge in [0.15, 0.2) is 5.96 Å². The highest BCUT2D eigenvalue weighted by atomic mass is 16.6. The van der Waals surface area contributed by atoms with E-state index in [0.29, 0.717) is 13.0 Å². The predicted molar refractivity (Wildman–Crippen MR) is 112 cm³/mol. The van der Waals surface area contributed by atoms with E-state index in [9.17, 15) is 14.4 Å². The molecule has 0 aliphatic carbocycles. The molecule has 0 spiro atoms. The molecule has 0 saturated heterocycles. The average Bonchev–Trinajstić information content (AvgIpc) is 2.66. The van der Waals surface area contributed by atoms with E-state index < -0.39 is 29.6 Å². The number of rotatable bonds is 10. The van der Waals surface area contributed by atoms with Crippen molar-refractivity contribution in [1.82, 2.24) is 10.6 Å². The summed E-state index contributed by atoms with van der Waals surface area (Å²) in [5.41, 5.74) is 10.7. The largest absolute Gasteiger partial charge is 0.460 e. The summed E-state index contributed by atoms with van der Waals surface area (Å²) in [4.78, 5) is 40.3. The van der Waals surface area contributed by atoms with Crippen molar-refractivity contribution in [2.75, 3.05) is 13.1 Å². The molecule has 0 saturated carbocycles. The average molecular weight is 421 g/mol. The van der Waals surface area contributed by atoms with Crippen LogP contribution < -0.4 is 22.1 Å². The minimum absolute atomic E-state index is 0.0581.